The zero-order chi connectivity index (χ0) is 15.5. The molecule has 0 saturated carbocycles. The molecule has 2 aromatic carbocycles. The minimum Gasteiger partial charge on any atom is -0.409 e. The van der Waals surface area contributed by atoms with Crippen LogP contribution < -0.4 is 10.5 Å². The van der Waals surface area contributed by atoms with Gasteiger partial charge < -0.3 is 10.9 Å². The second-order valence-electron chi connectivity index (χ2n) is 4.10. The summed E-state index contributed by atoms with van der Waals surface area (Å²) in [6, 6.07) is 12.2. The molecular weight excluding hydrogens is 314 g/mol. The van der Waals surface area contributed by atoms with Gasteiger partial charge in [-0.3, -0.25) is 4.72 Å². The first-order chi connectivity index (χ1) is 9.94. The van der Waals surface area contributed by atoms with Crippen LogP contribution in [0.15, 0.2) is 58.6 Å². The Morgan fingerprint density at radius 2 is 1.86 bits per heavy atom. The molecule has 0 saturated heterocycles. The van der Waals surface area contributed by atoms with Crippen molar-refractivity contribution in [2.75, 3.05) is 4.72 Å². The lowest BCUT2D eigenvalue weighted by atomic mass is 10.2. The van der Waals surface area contributed by atoms with E-state index in [4.69, 9.17) is 22.5 Å². The first-order valence-electron chi connectivity index (χ1n) is 5.79. The van der Waals surface area contributed by atoms with Crippen molar-refractivity contribution >= 4 is 33.1 Å². The molecule has 0 unspecified atom stereocenters. The fourth-order valence-corrected chi connectivity index (χ4v) is 3.00. The molecule has 0 aliphatic rings. The van der Waals surface area contributed by atoms with Crippen molar-refractivity contribution < 1.29 is 13.6 Å². The molecule has 8 heteroatoms. The van der Waals surface area contributed by atoms with Crippen LogP contribution >= 0.6 is 11.6 Å². The molecule has 2 rings (SSSR count). The van der Waals surface area contributed by atoms with Gasteiger partial charge in [-0.2, -0.15) is 0 Å². The van der Waals surface area contributed by atoms with Gasteiger partial charge in [-0.15, -0.1) is 0 Å². The molecule has 4 N–H and O–H groups in total. The molecule has 110 valence electrons. The number of hydrogen-bond donors (Lipinski definition) is 3. The highest BCUT2D eigenvalue weighted by Gasteiger charge is 2.15. The topological polar surface area (TPSA) is 105 Å². The maximum absolute atomic E-state index is 12.2. The lowest BCUT2D eigenvalue weighted by Gasteiger charge is -2.10. The van der Waals surface area contributed by atoms with Gasteiger partial charge in [-0.05, 0) is 30.3 Å². The second-order valence-corrected chi connectivity index (χ2v) is 6.19. The van der Waals surface area contributed by atoms with E-state index in [1.807, 2.05) is 0 Å². The van der Waals surface area contributed by atoms with Gasteiger partial charge in [-0.1, -0.05) is 35.0 Å². The number of oxime groups is 1. The standard InChI is InChI=1S/C13H12ClN3O3S/c14-11-8-9(13(15)16-18)6-7-12(11)17-21(19,20)10-4-2-1-3-5-10/h1-8,17-18H,(H2,15,16). The molecule has 0 aromatic heterocycles. The van der Waals surface area contributed by atoms with E-state index in [1.165, 1.54) is 30.3 Å². The number of benzene rings is 2. The molecule has 0 bridgehead atoms. The maximum Gasteiger partial charge on any atom is 0.261 e. The summed E-state index contributed by atoms with van der Waals surface area (Å²) >= 11 is 6.00. The maximum atomic E-state index is 12.2. The summed E-state index contributed by atoms with van der Waals surface area (Å²) < 4.78 is 26.7. The van der Waals surface area contributed by atoms with Gasteiger partial charge in [0.05, 0.1) is 15.6 Å². The molecular formula is C13H12ClN3O3S. The van der Waals surface area contributed by atoms with Crippen molar-refractivity contribution in [2.45, 2.75) is 4.90 Å². The Morgan fingerprint density at radius 3 is 2.43 bits per heavy atom. The van der Waals surface area contributed by atoms with Gasteiger partial charge in [0.1, 0.15) is 0 Å². The van der Waals surface area contributed by atoms with E-state index in [2.05, 4.69) is 9.88 Å². The molecule has 6 nitrogen and oxygen atoms in total. The third-order valence-corrected chi connectivity index (χ3v) is 4.36. The summed E-state index contributed by atoms with van der Waals surface area (Å²) in [6.07, 6.45) is 0. The molecule has 0 atom stereocenters. The van der Waals surface area contributed by atoms with Crippen molar-refractivity contribution in [3.8, 4) is 0 Å². The lowest BCUT2D eigenvalue weighted by molar-refractivity contribution is 0.318. The van der Waals surface area contributed by atoms with Crippen LogP contribution in [0.25, 0.3) is 0 Å². The smallest absolute Gasteiger partial charge is 0.261 e. The molecule has 0 aliphatic heterocycles. The van der Waals surface area contributed by atoms with Crippen molar-refractivity contribution in [2.24, 2.45) is 10.9 Å². The zero-order valence-electron chi connectivity index (χ0n) is 10.7. The summed E-state index contributed by atoms with van der Waals surface area (Å²) in [5.41, 5.74) is 6.02. The number of nitrogens with zero attached hydrogens (tertiary/aromatic N) is 1. The average Bonchev–Trinajstić information content (AvgIpc) is 2.49. The molecule has 0 amide bonds. The Morgan fingerprint density at radius 1 is 1.19 bits per heavy atom. The third-order valence-electron chi connectivity index (χ3n) is 2.67. The summed E-state index contributed by atoms with van der Waals surface area (Å²) in [5.74, 6) is -0.116. The monoisotopic (exact) mass is 325 g/mol. The minimum atomic E-state index is -3.72. The van der Waals surface area contributed by atoms with E-state index in [0.717, 1.165) is 0 Å². The van der Waals surface area contributed by atoms with E-state index < -0.39 is 10.0 Å². The van der Waals surface area contributed by atoms with Crippen LogP contribution in [0.4, 0.5) is 5.69 Å². The van der Waals surface area contributed by atoms with E-state index in [0.29, 0.717) is 5.56 Å². The Balaban J connectivity index is 2.33. The summed E-state index contributed by atoms with van der Waals surface area (Å²) in [7, 11) is -3.72. The molecule has 0 spiro atoms. The van der Waals surface area contributed by atoms with E-state index in [-0.39, 0.29) is 21.4 Å². The Kier molecular flexibility index (Phi) is 4.35. The summed E-state index contributed by atoms with van der Waals surface area (Å²) in [6.45, 7) is 0. The summed E-state index contributed by atoms with van der Waals surface area (Å²) in [4.78, 5) is 0.126. The Hall–Kier alpha value is -2.25. The third kappa shape index (κ3) is 3.45. The van der Waals surface area contributed by atoms with E-state index in [9.17, 15) is 8.42 Å². The highest BCUT2D eigenvalue weighted by molar-refractivity contribution is 7.92. The van der Waals surface area contributed by atoms with Gasteiger partial charge in [0, 0.05) is 5.56 Å². The van der Waals surface area contributed by atoms with Crippen LogP contribution in [-0.2, 0) is 10.0 Å². The first-order valence-corrected chi connectivity index (χ1v) is 7.65. The Bertz CT molecular complexity index is 777. The number of nitrogens with two attached hydrogens (primary N) is 1. The number of sulfonamides is 1. The van der Waals surface area contributed by atoms with Gasteiger partial charge in [0.25, 0.3) is 10.0 Å². The number of amidine groups is 1. The van der Waals surface area contributed by atoms with Crippen LogP contribution in [0.1, 0.15) is 5.56 Å². The van der Waals surface area contributed by atoms with Crippen LogP contribution in [0.2, 0.25) is 5.02 Å². The number of anilines is 1. The van der Waals surface area contributed by atoms with Crippen molar-refractivity contribution in [3.05, 3.63) is 59.1 Å². The fourth-order valence-electron chi connectivity index (χ4n) is 1.62. The minimum absolute atomic E-state index is 0.116. The lowest BCUT2D eigenvalue weighted by Crippen LogP contribution is -2.15. The molecule has 0 heterocycles. The predicted molar refractivity (Wildman–Crippen MR) is 81.2 cm³/mol. The highest BCUT2D eigenvalue weighted by atomic mass is 35.5. The average molecular weight is 326 g/mol. The van der Waals surface area contributed by atoms with Gasteiger partial charge >= 0.3 is 0 Å². The van der Waals surface area contributed by atoms with Gasteiger partial charge in [0.15, 0.2) is 5.84 Å². The number of rotatable bonds is 4. The van der Waals surface area contributed by atoms with Gasteiger partial charge in [-0.25, -0.2) is 8.42 Å². The van der Waals surface area contributed by atoms with Crippen molar-refractivity contribution in [3.63, 3.8) is 0 Å². The SMILES string of the molecule is N/C(=N/O)c1ccc(NS(=O)(=O)c2ccccc2)c(Cl)c1. The number of halogens is 1. The molecule has 0 radical (unpaired) electrons. The van der Waals surface area contributed by atoms with E-state index >= 15 is 0 Å². The van der Waals surface area contributed by atoms with Crippen LogP contribution in [0, 0.1) is 0 Å². The normalized spacial score (nSPS) is 12.1. The Labute approximate surface area is 126 Å². The zero-order valence-corrected chi connectivity index (χ0v) is 12.3. The molecule has 0 aliphatic carbocycles. The number of hydrogen-bond acceptors (Lipinski definition) is 4. The first kappa shape index (κ1) is 15.1. The fraction of sp³-hybridized carbons (Fsp3) is 0. The quantitative estimate of drug-likeness (QED) is 0.347. The molecule has 0 fully saturated rings. The van der Waals surface area contributed by atoms with E-state index in [1.54, 1.807) is 18.2 Å². The van der Waals surface area contributed by atoms with Crippen molar-refractivity contribution in [1.82, 2.24) is 0 Å². The largest absolute Gasteiger partial charge is 0.409 e. The molecule has 2 aromatic rings. The molecule has 21 heavy (non-hydrogen) atoms. The van der Waals surface area contributed by atoms with Crippen LogP contribution in [0.5, 0.6) is 0 Å². The summed E-state index contributed by atoms with van der Waals surface area (Å²) in [5, 5.41) is 11.6. The second kappa shape index (κ2) is 6.02. The highest BCUT2D eigenvalue weighted by Crippen LogP contribution is 2.25. The predicted octanol–water partition coefficient (Wildman–Crippen LogP) is 2.24. The van der Waals surface area contributed by atoms with Crippen molar-refractivity contribution in [1.29, 1.82) is 0 Å². The number of nitrogens with one attached hydrogen (secondary N) is 1. The van der Waals surface area contributed by atoms with Crippen LogP contribution in [-0.4, -0.2) is 19.5 Å². The van der Waals surface area contributed by atoms with Crippen LogP contribution in [0.3, 0.4) is 0 Å². The van der Waals surface area contributed by atoms with Gasteiger partial charge in [0.2, 0.25) is 0 Å².